The predicted molar refractivity (Wildman–Crippen MR) is 133 cm³/mol. The number of amides is 1. The number of nitrogens with zero attached hydrogens (tertiary/aromatic N) is 1. The zero-order valence-corrected chi connectivity index (χ0v) is 20.2. The zero-order valence-electron chi connectivity index (χ0n) is 19.4. The Morgan fingerprint density at radius 3 is 2.31 bits per heavy atom. The summed E-state index contributed by atoms with van der Waals surface area (Å²) in [6.07, 6.45) is 0. The Hall–Kier alpha value is -3.97. The summed E-state index contributed by atoms with van der Waals surface area (Å²) in [5.41, 5.74) is 1.96. The zero-order chi connectivity index (χ0) is 25.3. The number of phenols is 1. The van der Waals surface area contributed by atoms with Gasteiger partial charge >= 0.3 is 0 Å². The number of aliphatic hydroxyl groups excluding tert-OH is 1. The Labute approximate surface area is 207 Å². The molecule has 0 spiro atoms. The highest BCUT2D eigenvalue weighted by Gasteiger charge is 2.47. The van der Waals surface area contributed by atoms with Gasteiger partial charge in [0.1, 0.15) is 23.0 Å². The number of hydrogen-bond donors (Lipinski definition) is 2. The van der Waals surface area contributed by atoms with Gasteiger partial charge in [0.25, 0.3) is 11.7 Å². The molecule has 7 nitrogen and oxygen atoms in total. The van der Waals surface area contributed by atoms with E-state index in [0.29, 0.717) is 34.9 Å². The Morgan fingerprint density at radius 2 is 1.71 bits per heavy atom. The first kappa shape index (κ1) is 24.2. The number of Topliss-reactive ketones (excluding diaryl/α,β-unsaturated/α-hetero) is 1. The van der Waals surface area contributed by atoms with Crippen molar-refractivity contribution in [1.82, 2.24) is 0 Å². The molecule has 0 aromatic heterocycles. The molecule has 1 aliphatic heterocycles. The lowest BCUT2D eigenvalue weighted by atomic mass is 9.94. The van der Waals surface area contributed by atoms with Crippen LogP contribution >= 0.6 is 11.6 Å². The molecular weight excluding hydrogens is 470 g/mol. The third-order valence-electron chi connectivity index (χ3n) is 5.82. The second-order valence-corrected chi connectivity index (χ2v) is 8.40. The molecule has 1 saturated heterocycles. The first-order chi connectivity index (χ1) is 16.8. The average molecular weight is 494 g/mol. The van der Waals surface area contributed by atoms with Gasteiger partial charge in [-0.15, -0.1) is 0 Å². The summed E-state index contributed by atoms with van der Waals surface area (Å²) in [5.74, 6) is -0.854. The van der Waals surface area contributed by atoms with E-state index in [4.69, 9.17) is 21.1 Å². The quantitative estimate of drug-likeness (QED) is 0.271. The standard InChI is InChI=1S/C27H24ClNO6/c1-4-35-21-11-7-17(13-15(21)2)25(31)23-24(16-5-9-19(30)10-6-16)29(27(33)26(23)32)18-8-12-22(34-3)20(28)14-18/h5-14,24,30-31H,4H2,1-3H3/b25-23+. The van der Waals surface area contributed by atoms with E-state index in [1.807, 2.05) is 13.8 Å². The maximum Gasteiger partial charge on any atom is 0.300 e. The number of aryl methyl sites for hydroxylation is 1. The molecule has 1 atom stereocenters. The van der Waals surface area contributed by atoms with Gasteiger partial charge in [-0.05, 0) is 73.5 Å². The summed E-state index contributed by atoms with van der Waals surface area (Å²) in [6, 6.07) is 14.9. The van der Waals surface area contributed by atoms with Crippen molar-refractivity contribution >= 4 is 34.7 Å². The van der Waals surface area contributed by atoms with Crippen LogP contribution in [0.4, 0.5) is 5.69 Å². The van der Waals surface area contributed by atoms with Crippen molar-refractivity contribution in [2.75, 3.05) is 18.6 Å². The predicted octanol–water partition coefficient (Wildman–Crippen LogP) is 5.39. The fourth-order valence-corrected chi connectivity index (χ4v) is 4.40. The van der Waals surface area contributed by atoms with Gasteiger partial charge in [0.2, 0.25) is 0 Å². The van der Waals surface area contributed by atoms with Crippen LogP contribution in [-0.2, 0) is 9.59 Å². The van der Waals surface area contributed by atoms with E-state index >= 15 is 0 Å². The summed E-state index contributed by atoms with van der Waals surface area (Å²) in [6.45, 7) is 4.19. The number of ketones is 1. The van der Waals surface area contributed by atoms with E-state index in [2.05, 4.69) is 0 Å². The summed E-state index contributed by atoms with van der Waals surface area (Å²) < 4.78 is 10.8. The minimum absolute atomic E-state index is 0.0281. The molecule has 4 rings (SSSR count). The van der Waals surface area contributed by atoms with Crippen LogP contribution in [0.3, 0.4) is 0 Å². The third kappa shape index (κ3) is 4.42. The molecule has 1 unspecified atom stereocenters. The summed E-state index contributed by atoms with van der Waals surface area (Å²) in [7, 11) is 1.47. The minimum atomic E-state index is -0.952. The van der Waals surface area contributed by atoms with Crippen LogP contribution in [-0.4, -0.2) is 35.6 Å². The van der Waals surface area contributed by atoms with Crippen LogP contribution in [0.5, 0.6) is 17.2 Å². The Bertz CT molecular complexity index is 1330. The van der Waals surface area contributed by atoms with Crippen molar-refractivity contribution in [1.29, 1.82) is 0 Å². The van der Waals surface area contributed by atoms with Crippen LogP contribution in [0.2, 0.25) is 5.02 Å². The van der Waals surface area contributed by atoms with Gasteiger partial charge in [0, 0.05) is 11.3 Å². The molecule has 2 N–H and O–H groups in total. The normalized spacial score (nSPS) is 17.0. The number of aromatic hydroxyl groups is 1. The maximum atomic E-state index is 13.3. The highest BCUT2D eigenvalue weighted by atomic mass is 35.5. The number of hydrogen-bond acceptors (Lipinski definition) is 6. The van der Waals surface area contributed by atoms with E-state index in [9.17, 15) is 19.8 Å². The Balaban J connectivity index is 1.91. The lowest BCUT2D eigenvalue weighted by Crippen LogP contribution is -2.29. The van der Waals surface area contributed by atoms with Crippen molar-refractivity contribution in [3.63, 3.8) is 0 Å². The number of halogens is 1. The van der Waals surface area contributed by atoms with Crippen molar-refractivity contribution in [3.8, 4) is 17.2 Å². The van der Waals surface area contributed by atoms with Crippen molar-refractivity contribution < 1.29 is 29.3 Å². The van der Waals surface area contributed by atoms with Crippen molar-refractivity contribution in [2.45, 2.75) is 19.9 Å². The molecular formula is C27H24ClNO6. The molecule has 0 saturated carbocycles. The minimum Gasteiger partial charge on any atom is -0.508 e. The SMILES string of the molecule is CCOc1ccc(/C(O)=C2\C(=O)C(=O)N(c3ccc(OC)c(Cl)c3)C2c2ccc(O)cc2)cc1C. The number of ether oxygens (including phenoxy) is 2. The number of aliphatic hydroxyl groups is 1. The van der Waals surface area contributed by atoms with Gasteiger partial charge in [-0.2, -0.15) is 0 Å². The second kappa shape index (κ2) is 9.72. The van der Waals surface area contributed by atoms with Crippen LogP contribution in [0, 0.1) is 6.92 Å². The van der Waals surface area contributed by atoms with Gasteiger partial charge in [-0.3, -0.25) is 14.5 Å². The number of anilines is 1. The van der Waals surface area contributed by atoms with E-state index in [1.54, 1.807) is 42.5 Å². The highest BCUT2D eigenvalue weighted by molar-refractivity contribution is 6.51. The first-order valence-electron chi connectivity index (χ1n) is 10.9. The van der Waals surface area contributed by atoms with Gasteiger partial charge < -0.3 is 19.7 Å². The van der Waals surface area contributed by atoms with Gasteiger partial charge in [0.05, 0.1) is 30.4 Å². The molecule has 1 amide bonds. The highest BCUT2D eigenvalue weighted by Crippen LogP contribution is 2.44. The summed E-state index contributed by atoms with van der Waals surface area (Å²) in [4.78, 5) is 27.8. The molecule has 180 valence electrons. The third-order valence-corrected chi connectivity index (χ3v) is 6.11. The monoisotopic (exact) mass is 493 g/mol. The Kier molecular flexibility index (Phi) is 6.71. The van der Waals surface area contributed by atoms with Gasteiger partial charge in [0.15, 0.2) is 0 Å². The molecule has 0 radical (unpaired) electrons. The van der Waals surface area contributed by atoms with E-state index in [0.717, 1.165) is 5.56 Å². The number of phenolic OH excluding ortho intramolecular Hbond substituents is 1. The molecule has 1 aliphatic rings. The molecule has 8 heteroatoms. The van der Waals surface area contributed by atoms with E-state index in [-0.39, 0.29) is 22.1 Å². The molecule has 1 fully saturated rings. The first-order valence-corrected chi connectivity index (χ1v) is 11.3. The largest absolute Gasteiger partial charge is 0.508 e. The van der Waals surface area contributed by atoms with Gasteiger partial charge in [-0.25, -0.2) is 0 Å². The van der Waals surface area contributed by atoms with Crippen LogP contribution in [0.25, 0.3) is 5.76 Å². The number of carbonyl (C=O) groups is 2. The number of methoxy groups -OCH3 is 1. The molecule has 35 heavy (non-hydrogen) atoms. The fourth-order valence-electron chi connectivity index (χ4n) is 4.15. The second-order valence-electron chi connectivity index (χ2n) is 7.99. The molecule has 3 aromatic rings. The summed E-state index contributed by atoms with van der Waals surface area (Å²) >= 11 is 6.31. The van der Waals surface area contributed by atoms with E-state index < -0.39 is 17.7 Å². The van der Waals surface area contributed by atoms with Crippen LogP contribution in [0.15, 0.2) is 66.2 Å². The molecule has 1 heterocycles. The fraction of sp³-hybridized carbons (Fsp3) is 0.185. The number of benzene rings is 3. The lowest BCUT2D eigenvalue weighted by Gasteiger charge is -2.26. The van der Waals surface area contributed by atoms with Crippen molar-refractivity contribution in [2.24, 2.45) is 0 Å². The van der Waals surface area contributed by atoms with Crippen molar-refractivity contribution in [3.05, 3.63) is 87.9 Å². The number of rotatable bonds is 6. The summed E-state index contributed by atoms with van der Waals surface area (Å²) in [5, 5.41) is 21.3. The van der Waals surface area contributed by atoms with Crippen LogP contribution < -0.4 is 14.4 Å². The lowest BCUT2D eigenvalue weighted by molar-refractivity contribution is -0.132. The van der Waals surface area contributed by atoms with E-state index in [1.165, 1.54) is 30.2 Å². The number of carbonyl (C=O) groups excluding carboxylic acids is 2. The maximum absolute atomic E-state index is 13.3. The topological polar surface area (TPSA) is 96.3 Å². The van der Waals surface area contributed by atoms with Crippen LogP contribution in [0.1, 0.15) is 29.7 Å². The molecule has 3 aromatic carbocycles. The van der Waals surface area contributed by atoms with Gasteiger partial charge in [-0.1, -0.05) is 23.7 Å². The molecule has 0 bridgehead atoms. The average Bonchev–Trinajstić information content (AvgIpc) is 3.10. The Morgan fingerprint density at radius 1 is 1.03 bits per heavy atom. The molecule has 0 aliphatic carbocycles. The smallest absolute Gasteiger partial charge is 0.300 e.